The third-order valence-electron chi connectivity index (χ3n) is 3.52. The van der Waals surface area contributed by atoms with E-state index in [9.17, 15) is 4.79 Å². The van der Waals surface area contributed by atoms with E-state index >= 15 is 0 Å². The highest BCUT2D eigenvalue weighted by Crippen LogP contribution is 2.22. The molecule has 0 fully saturated rings. The molecule has 0 spiro atoms. The van der Waals surface area contributed by atoms with E-state index in [1.807, 2.05) is 0 Å². The van der Waals surface area contributed by atoms with Crippen molar-refractivity contribution in [3.8, 4) is 11.5 Å². The van der Waals surface area contributed by atoms with Gasteiger partial charge in [0.15, 0.2) is 0 Å². The van der Waals surface area contributed by atoms with Gasteiger partial charge in [0.1, 0.15) is 0 Å². The number of aromatic nitrogens is 3. The number of carbonyl (C=O) groups excluding carboxylic acids is 1. The molecule has 128 valence electrons. The summed E-state index contributed by atoms with van der Waals surface area (Å²) in [6.45, 7) is 2.66. The summed E-state index contributed by atoms with van der Waals surface area (Å²) in [6, 6.07) is 11.9. The van der Waals surface area contributed by atoms with Gasteiger partial charge in [0.05, 0.1) is 5.75 Å². The van der Waals surface area contributed by atoms with Gasteiger partial charge in [-0.05, 0) is 31.0 Å². The van der Waals surface area contributed by atoms with Crippen LogP contribution < -0.4 is 5.32 Å². The van der Waals surface area contributed by atoms with Crippen LogP contribution in [0.25, 0.3) is 11.5 Å². The van der Waals surface area contributed by atoms with E-state index in [0.717, 1.165) is 12.0 Å². The average Bonchev–Trinajstić information content (AvgIpc) is 3.11. The van der Waals surface area contributed by atoms with Crippen LogP contribution >= 0.6 is 11.8 Å². The molecule has 2 aromatic heterocycles. The molecule has 0 saturated heterocycles. The van der Waals surface area contributed by atoms with Crippen LogP contribution in [0.15, 0.2) is 58.4 Å². The van der Waals surface area contributed by atoms with Gasteiger partial charge in [-0.1, -0.05) is 41.6 Å². The van der Waals surface area contributed by atoms with Crippen LogP contribution in [0.2, 0.25) is 0 Å². The van der Waals surface area contributed by atoms with Crippen molar-refractivity contribution in [2.45, 2.75) is 18.6 Å². The van der Waals surface area contributed by atoms with Crippen molar-refractivity contribution in [3.05, 3.63) is 59.9 Å². The molecule has 0 aliphatic heterocycles. The average molecular weight is 354 g/mol. The Morgan fingerprint density at radius 2 is 1.88 bits per heavy atom. The second kappa shape index (κ2) is 8.43. The zero-order valence-electron chi connectivity index (χ0n) is 13.8. The van der Waals surface area contributed by atoms with E-state index in [2.05, 4.69) is 51.7 Å². The van der Waals surface area contributed by atoms with E-state index in [-0.39, 0.29) is 11.7 Å². The standard InChI is InChI=1S/C18H18N4O2S/c1-13-2-4-14(5-3-13)6-11-20-16(23)12-25-18-22-21-17(24-18)15-7-9-19-10-8-15/h2-5,7-10H,6,11-12H2,1H3,(H,20,23). The summed E-state index contributed by atoms with van der Waals surface area (Å²) >= 11 is 1.22. The Balaban J connectivity index is 1.42. The number of carbonyl (C=O) groups is 1. The van der Waals surface area contributed by atoms with Gasteiger partial charge >= 0.3 is 0 Å². The highest BCUT2D eigenvalue weighted by molar-refractivity contribution is 7.99. The number of nitrogens with zero attached hydrogens (tertiary/aromatic N) is 3. The molecule has 0 atom stereocenters. The summed E-state index contributed by atoms with van der Waals surface area (Å²) in [5.41, 5.74) is 3.24. The molecule has 0 aliphatic carbocycles. The van der Waals surface area contributed by atoms with Gasteiger partial charge in [0.25, 0.3) is 5.22 Å². The van der Waals surface area contributed by atoms with E-state index in [1.165, 1.54) is 22.9 Å². The van der Waals surface area contributed by atoms with Gasteiger partial charge in [-0.2, -0.15) is 0 Å². The highest BCUT2D eigenvalue weighted by atomic mass is 32.2. The number of benzene rings is 1. The molecule has 3 aromatic rings. The van der Waals surface area contributed by atoms with Crippen molar-refractivity contribution in [2.24, 2.45) is 0 Å². The topological polar surface area (TPSA) is 80.9 Å². The molecule has 0 bridgehead atoms. The SMILES string of the molecule is Cc1ccc(CCNC(=O)CSc2nnc(-c3ccncc3)o2)cc1. The Hall–Kier alpha value is -2.67. The Morgan fingerprint density at radius 3 is 2.64 bits per heavy atom. The lowest BCUT2D eigenvalue weighted by atomic mass is 10.1. The minimum atomic E-state index is -0.0548. The van der Waals surface area contributed by atoms with Crippen molar-refractivity contribution in [1.82, 2.24) is 20.5 Å². The lowest BCUT2D eigenvalue weighted by Gasteiger charge is -2.04. The summed E-state index contributed by atoms with van der Waals surface area (Å²) in [5, 5.41) is 11.2. The second-order valence-electron chi connectivity index (χ2n) is 5.48. The van der Waals surface area contributed by atoms with Crippen LogP contribution in [0.1, 0.15) is 11.1 Å². The molecule has 1 N–H and O–H groups in total. The molecule has 25 heavy (non-hydrogen) atoms. The van der Waals surface area contributed by atoms with Crippen molar-refractivity contribution in [3.63, 3.8) is 0 Å². The van der Waals surface area contributed by atoms with Gasteiger partial charge in [-0.15, -0.1) is 10.2 Å². The lowest BCUT2D eigenvalue weighted by Crippen LogP contribution is -2.27. The van der Waals surface area contributed by atoms with E-state index < -0.39 is 0 Å². The second-order valence-corrected chi connectivity index (χ2v) is 6.41. The normalized spacial score (nSPS) is 10.6. The van der Waals surface area contributed by atoms with E-state index in [4.69, 9.17) is 4.42 Å². The smallest absolute Gasteiger partial charge is 0.277 e. The number of hydrogen-bond acceptors (Lipinski definition) is 6. The molecule has 3 rings (SSSR count). The molecule has 1 amide bonds. The summed E-state index contributed by atoms with van der Waals surface area (Å²) < 4.78 is 5.54. The van der Waals surface area contributed by atoms with Gasteiger partial charge in [0, 0.05) is 24.5 Å². The predicted octanol–water partition coefficient (Wildman–Crippen LogP) is 2.89. The molecule has 1 aromatic carbocycles. The first kappa shape index (κ1) is 17.2. The zero-order valence-corrected chi connectivity index (χ0v) is 14.6. The third-order valence-corrected chi connectivity index (χ3v) is 4.34. The largest absolute Gasteiger partial charge is 0.411 e. The number of amides is 1. The molecule has 2 heterocycles. The molecule has 0 aliphatic rings. The maximum Gasteiger partial charge on any atom is 0.277 e. The van der Waals surface area contributed by atoms with Crippen LogP contribution in [0, 0.1) is 6.92 Å². The molecule has 0 unspecified atom stereocenters. The number of nitrogens with one attached hydrogen (secondary N) is 1. The van der Waals surface area contributed by atoms with Crippen LogP contribution in [-0.4, -0.2) is 33.4 Å². The fourth-order valence-corrected chi connectivity index (χ4v) is 2.75. The summed E-state index contributed by atoms with van der Waals surface area (Å²) in [4.78, 5) is 15.9. The van der Waals surface area contributed by atoms with Crippen molar-refractivity contribution >= 4 is 17.7 Å². The fourth-order valence-electron chi connectivity index (χ4n) is 2.16. The van der Waals surface area contributed by atoms with E-state index in [0.29, 0.717) is 17.7 Å². The Kier molecular flexibility index (Phi) is 5.79. The van der Waals surface area contributed by atoms with Crippen molar-refractivity contribution < 1.29 is 9.21 Å². The molecule has 0 saturated carbocycles. The minimum absolute atomic E-state index is 0.0548. The van der Waals surface area contributed by atoms with Crippen LogP contribution in [-0.2, 0) is 11.2 Å². The molecular weight excluding hydrogens is 336 g/mol. The zero-order chi connectivity index (χ0) is 17.5. The summed E-state index contributed by atoms with van der Waals surface area (Å²) in [6.07, 6.45) is 4.13. The Morgan fingerprint density at radius 1 is 1.12 bits per heavy atom. The van der Waals surface area contributed by atoms with Crippen LogP contribution in [0.5, 0.6) is 0 Å². The first-order chi connectivity index (χ1) is 12.2. The number of hydrogen-bond donors (Lipinski definition) is 1. The van der Waals surface area contributed by atoms with Gasteiger partial charge in [-0.3, -0.25) is 9.78 Å². The highest BCUT2D eigenvalue weighted by Gasteiger charge is 2.10. The van der Waals surface area contributed by atoms with Gasteiger partial charge in [0.2, 0.25) is 11.8 Å². The predicted molar refractivity (Wildman–Crippen MR) is 96.1 cm³/mol. The van der Waals surface area contributed by atoms with Crippen LogP contribution in [0.3, 0.4) is 0 Å². The van der Waals surface area contributed by atoms with E-state index in [1.54, 1.807) is 24.5 Å². The van der Waals surface area contributed by atoms with Crippen molar-refractivity contribution in [2.75, 3.05) is 12.3 Å². The first-order valence-corrected chi connectivity index (χ1v) is 8.88. The molecular formula is C18H18N4O2S. The Labute approximate surface area is 150 Å². The maximum absolute atomic E-state index is 11.9. The fraction of sp³-hybridized carbons (Fsp3) is 0.222. The van der Waals surface area contributed by atoms with Gasteiger partial charge in [-0.25, -0.2) is 0 Å². The van der Waals surface area contributed by atoms with Crippen LogP contribution in [0.4, 0.5) is 0 Å². The number of thioether (sulfide) groups is 1. The van der Waals surface area contributed by atoms with Gasteiger partial charge < -0.3 is 9.73 Å². The number of aryl methyl sites for hydroxylation is 1. The maximum atomic E-state index is 11.9. The third kappa shape index (κ3) is 5.15. The lowest BCUT2D eigenvalue weighted by molar-refractivity contribution is -0.118. The Bertz CT molecular complexity index is 819. The first-order valence-electron chi connectivity index (χ1n) is 7.89. The van der Waals surface area contributed by atoms with Crippen molar-refractivity contribution in [1.29, 1.82) is 0 Å². The number of pyridine rings is 1. The quantitative estimate of drug-likeness (QED) is 0.657. The monoisotopic (exact) mass is 354 g/mol. The number of rotatable bonds is 7. The minimum Gasteiger partial charge on any atom is -0.411 e. The molecule has 0 radical (unpaired) electrons. The molecule has 6 nitrogen and oxygen atoms in total. The summed E-state index contributed by atoms with van der Waals surface area (Å²) in [5.74, 6) is 0.608. The molecule has 7 heteroatoms. The summed E-state index contributed by atoms with van der Waals surface area (Å²) in [7, 11) is 0.